The van der Waals surface area contributed by atoms with Gasteiger partial charge in [-0.3, -0.25) is 0 Å². The summed E-state index contributed by atoms with van der Waals surface area (Å²) < 4.78 is 5.78. The lowest BCUT2D eigenvalue weighted by molar-refractivity contribution is 0.00774. The summed E-state index contributed by atoms with van der Waals surface area (Å²) in [5.74, 6) is 0.352. The maximum absolute atomic E-state index is 11.7. The molecule has 0 aliphatic carbocycles. The summed E-state index contributed by atoms with van der Waals surface area (Å²) in [4.78, 5) is 11.7. The highest BCUT2D eigenvalue weighted by molar-refractivity contribution is 5.73. The van der Waals surface area contributed by atoms with Crippen molar-refractivity contribution in [1.29, 1.82) is 5.26 Å². The number of hydrogen-bond acceptors (Lipinski definition) is 3. The molecule has 2 atom stereocenters. The zero-order valence-corrected chi connectivity index (χ0v) is 13.2. The molecule has 0 bridgehead atoms. The first-order valence-corrected chi connectivity index (χ1v) is 7.20. The third-order valence-electron chi connectivity index (χ3n) is 3.59. The number of urea groups is 1. The number of amides is 2. The molecule has 0 spiro atoms. The second-order valence-electron chi connectivity index (χ2n) is 7.27. The van der Waals surface area contributed by atoms with E-state index in [0.29, 0.717) is 19.0 Å². The lowest BCUT2D eigenvalue weighted by Crippen LogP contribution is -2.44. The monoisotopic (exact) mass is 281 g/mol. The number of nitrogens with zero attached hydrogens (tertiary/aromatic N) is 1. The van der Waals surface area contributed by atoms with Crippen LogP contribution >= 0.6 is 0 Å². The quantitative estimate of drug-likeness (QED) is 0.830. The fraction of sp³-hybridized carbons (Fsp3) is 0.867. The molecule has 0 saturated carbocycles. The zero-order chi connectivity index (χ0) is 15.4. The van der Waals surface area contributed by atoms with Crippen molar-refractivity contribution >= 4 is 6.03 Å². The van der Waals surface area contributed by atoms with Crippen molar-refractivity contribution in [2.24, 2.45) is 16.7 Å². The van der Waals surface area contributed by atoms with Crippen LogP contribution in [0.4, 0.5) is 4.79 Å². The van der Waals surface area contributed by atoms with Crippen molar-refractivity contribution < 1.29 is 9.53 Å². The first-order valence-electron chi connectivity index (χ1n) is 7.20. The van der Waals surface area contributed by atoms with Gasteiger partial charge in [0, 0.05) is 25.6 Å². The molecular formula is C15H27N3O2. The molecule has 1 rings (SSSR count). The zero-order valence-electron chi connectivity index (χ0n) is 13.2. The molecule has 0 aromatic heterocycles. The number of carbonyl (C=O) groups is 1. The summed E-state index contributed by atoms with van der Waals surface area (Å²) in [5, 5.41) is 14.5. The molecule has 1 aliphatic rings. The molecule has 2 N–H and O–H groups in total. The average molecular weight is 281 g/mol. The number of ether oxygens (including phenoxy) is 1. The van der Waals surface area contributed by atoms with Gasteiger partial charge in [-0.2, -0.15) is 5.26 Å². The van der Waals surface area contributed by atoms with E-state index in [1.807, 2.05) is 0 Å². The van der Waals surface area contributed by atoms with Crippen LogP contribution in [0.1, 0.15) is 41.0 Å². The average Bonchev–Trinajstić information content (AvgIpc) is 2.82. The van der Waals surface area contributed by atoms with Crippen molar-refractivity contribution in [3.63, 3.8) is 0 Å². The van der Waals surface area contributed by atoms with E-state index in [1.165, 1.54) is 0 Å². The Morgan fingerprint density at radius 2 is 1.95 bits per heavy atom. The first-order chi connectivity index (χ1) is 9.15. The fourth-order valence-corrected chi connectivity index (χ4v) is 2.43. The second kappa shape index (κ2) is 6.45. The van der Waals surface area contributed by atoms with Crippen molar-refractivity contribution in [3.05, 3.63) is 0 Å². The Morgan fingerprint density at radius 1 is 1.30 bits per heavy atom. The summed E-state index contributed by atoms with van der Waals surface area (Å²) in [7, 11) is 0. The van der Waals surface area contributed by atoms with Gasteiger partial charge in [0.25, 0.3) is 0 Å². The van der Waals surface area contributed by atoms with Gasteiger partial charge in [0.2, 0.25) is 0 Å². The highest BCUT2D eigenvalue weighted by atomic mass is 16.5. The summed E-state index contributed by atoms with van der Waals surface area (Å²) in [6.07, 6.45) is 1.16. The van der Waals surface area contributed by atoms with Crippen molar-refractivity contribution in [2.75, 3.05) is 19.7 Å². The maximum Gasteiger partial charge on any atom is 0.314 e. The molecule has 0 aromatic carbocycles. The molecule has 0 radical (unpaired) electrons. The lowest BCUT2D eigenvalue weighted by atomic mass is 9.81. The van der Waals surface area contributed by atoms with Gasteiger partial charge in [-0.25, -0.2) is 4.79 Å². The molecule has 1 aliphatic heterocycles. The molecule has 5 nitrogen and oxygen atoms in total. The number of hydrogen-bond donors (Lipinski definition) is 2. The van der Waals surface area contributed by atoms with Crippen LogP contribution in [0.2, 0.25) is 0 Å². The van der Waals surface area contributed by atoms with E-state index in [1.54, 1.807) is 13.8 Å². The summed E-state index contributed by atoms with van der Waals surface area (Å²) in [6, 6.07) is 1.94. The highest BCUT2D eigenvalue weighted by Gasteiger charge is 2.37. The molecule has 1 fully saturated rings. The number of nitrogens with one attached hydrogen (secondary N) is 2. The van der Waals surface area contributed by atoms with Gasteiger partial charge in [-0.05, 0) is 25.7 Å². The number of carbonyl (C=O) groups excluding carboxylic acids is 1. The minimum absolute atomic E-state index is 0.0854. The fourth-order valence-electron chi connectivity index (χ4n) is 2.43. The normalized spacial score (nSPS) is 23.2. The minimum Gasteiger partial charge on any atom is -0.377 e. The summed E-state index contributed by atoms with van der Waals surface area (Å²) in [5.41, 5.74) is -0.454. The van der Waals surface area contributed by atoms with Crippen LogP contribution in [0.3, 0.4) is 0 Å². The van der Waals surface area contributed by atoms with Gasteiger partial charge in [-0.1, -0.05) is 20.8 Å². The highest BCUT2D eigenvalue weighted by Crippen LogP contribution is 2.34. The van der Waals surface area contributed by atoms with Gasteiger partial charge in [0.05, 0.1) is 17.6 Å². The van der Waals surface area contributed by atoms with Crippen LogP contribution in [0.25, 0.3) is 0 Å². The van der Waals surface area contributed by atoms with E-state index in [0.717, 1.165) is 13.0 Å². The van der Waals surface area contributed by atoms with Gasteiger partial charge in [-0.15, -0.1) is 0 Å². The van der Waals surface area contributed by atoms with Crippen LogP contribution in [-0.4, -0.2) is 31.8 Å². The SMILES string of the molecule is CC(C)(C#N)CNC(=O)NC[C@H]1CCO[C@@H]1C(C)(C)C. The van der Waals surface area contributed by atoms with E-state index in [-0.39, 0.29) is 17.6 Å². The third-order valence-corrected chi connectivity index (χ3v) is 3.59. The smallest absolute Gasteiger partial charge is 0.314 e. The Labute approximate surface area is 122 Å². The number of rotatable bonds is 4. The molecule has 0 unspecified atom stereocenters. The van der Waals surface area contributed by atoms with Gasteiger partial charge < -0.3 is 15.4 Å². The second-order valence-corrected chi connectivity index (χ2v) is 7.27. The van der Waals surface area contributed by atoms with E-state index in [9.17, 15) is 4.79 Å². The Kier molecular flexibility index (Phi) is 5.41. The Bertz CT molecular complexity index is 380. The Balaban J connectivity index is 2.36. The largest absolute Gasteiger partial charge is 0.377 e. The van der Waals surface area contributed by atoms with Crippen molar-refractivity contribution in [1.82, 2.24) is 10.6 Å². The molecule has 1 heterocycles. The molecular weight excluding hydrogens is 254 g/mol. The predicted molar refractivity (Wildman–Crippen MR) is 78.1 cm³/mol. The topological polar surface area (TPSA) is 74.2 Å². The van der Waals surface area contributed by atoms with Crippen LogP contribution in [0, 0.1) is 28.1 Å². The summed E-state index contributed by atoms with van der Waals surface area (Å²) >= 11 is 0. The maximum atomic E-state index is 11.7. The van der Waals surface area contributed by atoms with Gasteiger partial charge >= 0.3 is 6.03 Å². The third kappa shape index (κ3) is 5.01. The molecule has 20 heavy (non-hydrogen) atoms. The Hall–Kier alpha value is -1.28. The van der Waals surface area contributed by atoms with Crippen LogP contribution in [0.15, 0.2) is 0 Å². The van der Waals surface area contributed by atoms with Crippen LogP contribution < -0.4 is 10.6 Å². The lowest BCUT2D eigenvalue weighted by Gasteiger charge is -2.31. The van der Waals surface area contributed by atoms with Gasteiger partial charge in [0.1, 0.15) is 0 Å². The minimum atomic E-state index is -0.540. The predicted octanol–water partition coefficient (Wildman–Crippen LogP) is 2.29. The van der Waals surface area contributed by atoms with E-state index >= 15 is 0 Å². The summed E-state index contributed by atoms with van der Waals surface area (Å²) in [6.45, 7) is 11.8. The van der Waals surface area contributed by atoms with Crippen molar-refractivity contribution in [2.45, 2.75) is 47.1 Å². The molecule has 1 saturated heterocycles. The van der Waals surface area contributed by atoms with Crippen LogP contribution in [-0.2, 0) is 4.74 Å². The molecule has 2 amide bonds. The van der Waals surface area contributed by atoms with Gasteiger partial charge in [0.15, 0.2) is 0 Å². The Morgan fingerprint density at radius 3 is 2.50 bits per heavy atom. The van der Waals surface area contributed by atoms with Crippen molar-refractivity contribution in [3.8, 4) is 6.07 Å². The molecule has 5 heteroatoms. The first kappa shape index (κ1) is 16.8. The number of nitriles is 1. The molecule has 114 valence electrons. The van der Waals surface area contributed by atoms with E-state index in [2.05, 4.69) is 37.5 Å². The molecule has 0 aromatic rings. The standard InChI is InChI=1S/C15H27N3O2/c1-14(2,3)12-11(6-7-20-12)8-17-13(19)18-10-15(4,5)9-16/h11-12H,6-8,10H2,1-5H3,(H2,17,18,19)/t11-,12+/m1/s1. The van der Waals surface area contributed by atoms with Crippen LogP contribution in [0.5, 0.6) is 0 Å². The van der Waals surface area contributed by atoms with E-state index < -0.39 is 5.41 Å². The van der Waals surface area contributed by atoms with E-state index in [4.69, 9.17) is 10.00 Å².